The first-order valence-corrected chi connectivity index (χ1v) is 5.59. The molecule has 3 heteroatoms. The summed E-state index contributed by atoms with van der Waals surface area (Å²) in [6, 6.07) is 10.7. The van der Waals surface area contributed by atoms with Crippen molar-refractivity contribution >= 4 is 17.6 Å². The Balaban J connectivity index is 2.33. The zero-order valence-corrected chi connectivity index (χ0v) is 10.00. The molecule has 0 amide bonds. The number of carbonyl (C=O) groups is 1. The van der Waals surface area contributed by atoms with Gasteiger partial charge in [-0.3, -0.25) is 4.98 Å². The second kappa shape index (κ2) is 5.27. The van der Waals surface area contributed by atoms with Crippen molar-refractivity contribution in [2.45, 2.75) is 6.92 Å². The third kappa shape index (κ3) is 2.83. The van der Waals surface area contributed by atoms with Gasteiger partial charge in [0.2, 0.25) is 0 Å². The maximum atomic E-state index is 10.9. The summed E-state index contributed by atoms with van der Waals surface area (Å²) in [6.07, 6.45) is 5.46. The van der Waals surface area contributed by atoms with Crippen LogP contribution in [0.1, 0.15) is 28.4 Å². The number of nitrogens with zero attached hydrogens (tertiary/aromatic N) is 1. The highest BCUT2D eigenvalue weighted by molar-refractivity contribution is 5.89. The fourth-order valence-electron chi connectivity index (χ4n) is 1.69. The van der Waals surface area contributed by atoms with E-state index in [1.807, 2.05) is 31.2 Å². The molecule has 0 aliphatic heterocycles. The van der Waals surface area contributed by atoms with Crippen molar-refractivity contribution in [3.63, 3.8) is 0 Å². The van der Waals surface area contributed by atoms with Crippen LogP contribution in [-0.2, 0) is 0 Å². The molecule has 0 unspecified atom stereocenters. The molecule has 1 aromatic carbocycles. The SMILES string of the molecule is C/C(=C/c1cccc(C(=O)O)c1)c1cccnc1. The van der Waals surface area contributed by atoms with E-state index >= 15 is 0 Å². The fraction of sp³-hybridized carbons (Fsp3) is 0.0667. The number of carboxylic acids is 1. The van der Waals surface area contributed by atoms with Crippen LogP contribution in [0.2, 0.25) is 0 Å². The van der Waals surface area contributed by atoms with Gasteiger partial charge in [-0.1, -0.05) is 24.3 Å². The molecule has 0 spiro atoms. The molecule has 1 N–H and O–H groups in total. The summed E-state index contributed by atoms with van der Waals surface area (Å²) >= 11 is 0. The van der Waals surface area contributed by atoms with Crippen LogP contribution in [0.4, 0.5) is 0 Å². The van der Waals surface area contributed by atoms with E-state index in [4.69, 9.17) is 5.11 Å². The Morgan fingerprint density at radius 1 is 1.22 bits per heavy atom. The van der Waals surface area contributed by atoms with E-state index in [9.17, 15) is 4.79 Å². The zero-order chi connectivity index (χ0) is 13.0. The largest absolute Gasteiger partial charge is 0.478 e. The van der Waals surface area contributed by atoms with Crippen LogP contribution in [0.5, 0.6) is 0 Å². The van der Waals surface area contributed by atoms with Gasteiger partial charge in [-0.25, -0.2) is 4.79 Å². The molecule has 0 saturated heterocycles. The summed E-state index contributed by atoms with van der Waals surface area (Å²) in [5, 5.41) is 8.93. The minimum atomic E-state index is -0.913. The quantitative estimate of drug-likeness (QED) is 0.893. The Morgan fingerprint density at radius 2 is 2.00 bits per heavy atom. The van der Waals surface area contributed by atoms with E-state index in [1.54, 1.807) is 30.6 Å². The average molecular weight is 239 g/mol. The van der Waals surface area contributed by atoms with Crippen molar-refractivity contribution in [2.75, 3.05) is 0 Å². The van der Waals surface area contributed by atoms with Crippen molar-refractivity contribution in [2.24, 2.45) is 0 Å². The Bertz CT molecular complexity index is 588. The third-order valence-electron chi connectivity index (χ3n) is 2.63. The number of aromatic nitrogens is 1. The van der Waals surface area contributed by atoms with Gasteiger partial charge in [-0.15, -0.1) is 0 Å². The van der Waals surface area contributed by atoms with E-state index in [-0.39, 0.29) is 0 Å². The lowest BCUT2D eigenvalue weighted by atomic mass is 10.0. The molecule has 2 aromatic rings. The maximum absolute atomic E-state index is 10.9. The number of hydrogen-bond donors (Lipinski definition) is 1. The van der Waals surface area contributed by atoms with Crippen LogP contribution in [-0.4, -0.2) is 16.1 Å². The molecule has 0 aliphatic carbocycles. The van der Waals surface area contributed by atoms with Crippen molar-refractivity contribution in [3.05, 3.63) is 65.5 Å². The molecule has 1 aromatic heterocycles. The number of rotatable bonds is 3. The van der Waals surface area contributed by atoms with Gasteiger partial charge in [0.15, 0.2) is 0 Å². The highest BCUT2D eigenvalue weighted by Gasteiger charge is 2.02. The number of benzene rings is 1. The van der Waals surface area contributed by atoms with E-state index in [0.717, 1.165) is 16.7 Å². The highest BCUT2D eigenvalue weighted by atomic mass is 16.4. The smallest absolute Gasteiger partial charge is 0.335 e. The Labute approximate surface area is 105 Å². The molecule has 0 bridgehead atoms. The van der Waals surface area contributed by atoms with Crippen molar-refractivity contribution in [1.29, 1.82) is 0 Å². The monoisotopic (exact) mass is 239 g/mol. The number of allylic oxidation sites excluding steroid dienone is 1. The van der Waals surface area contributed by atoms with Crippen LogP contribution >= 0.6 is 0 Å². The number of aromatic carboxylic acids is 1. The molecule has 0 saturated carbocycles. The first-order chi connectivity index (χ1) is 8.66. The van der Waals surface area contributed by atoms with Crippen molar-refractivity contribution in [1.82, 2.24) is 4.98 Å². The predicted octanol–water partition coefficient (Wildman–Crippen LogP) is 3.34. The first kappa shape index (κ1) is 12.0. The molecule has 3 nitrogen and oxygen atoms in total. The topological polar surface area (TPSA) is 50.2 Å². The maximum Gasteiger partial charge on any atom is 0.335 e. The highest BCUT2D eigenvalue weighted by Crippen LogP contribution is 2.17. The molecule has 90 valence electrons. The minimum Gasteiger partial charge on any atom is -0.478 e. The van der Waals surface area contributed by atoms with Crippen LogP contribution in [0, 0.1) is 0 Å². The normalized spacial score (nSPS) is 11.3. The molecule has 18 heavy (non-hydrogen) atoms. The fourth-order valence-corrected chi connectivity index (χ4v) is 1.69. The van der Waals surface area contributed by atoms with Gasteiger partial charge in [0.25, 0.3) is 0 Å². The summed E-state index contributed by atoms with van der Waals surface area (Å²) in [4.78, 5) is 14.9. The van der Waals surface area contributed by atoms with E-state index in [0.29, 0.717) is 5.56 Å². The van der Waals surface area contributed by atoms with Gasteiger partial charge in [0.1, 0.15) is 0 Å². The second-order valence-corrected chi connectivity index (χ2v) is 4.00. The summed E-state index contributed by atoms with van der Waals surface area (Å²) in [5.74, 6) is -0.913. The van der Waals surface area contributed by atoms with Gasteiger partial charge in [0, 0.05) is 12.4 Å². The van der Waals surface area contributed by atoms with Crippen LogP contribution in [0.25, 0.3) is 11.6 Å². The standard InChI is InChI=1S/C15H13NO2/c1-11(14-6-3-7-16-10-14)8-12-4-2-5-13(9-12)15(17)18/h2-10H,1H3,(H,17,18)/b11-8-. The van der Waals surface area contributed by atoms with Crippen molar-refractivity contribution < 1.29 is 9.90 Å². The number of pyridine rings is 1. The Kier molecular flexibility index (Phi) is 3.53. The average Bonchev–Trinajstić information content (AvgIpc) is 2.40. The van der Waals surface area contributed by atoms with Gasteiger partial charge >= 0.3 is 5.97 Å². The Morgan fingerprint density at radius 3 is 2.67 bits per heavy atom. The predicted molar refractivity (Wildman–Crippen MR) is 71.2 cm³/mol. The van der Waals surface area contributed by atoms with Crippen molar-refractivity contribution in [3.8, 4) is 0 Å². The summed E-state index contributed by atoms with van der Waals surface area (Å²) in [5.41, 5.74) is 3.24. The van der Waals surface area contributed by atoms with Gasteiger partial charge in [-0.2, -0.15) is 0 Å². The third-order valence-corrected chi connectivity index (χ3v) is 2.63. The van der Waals surface area contributed by atoms with E-state index in [1.165, 1.54) is 0 Å². The lowest BCUT2D eigenvalue weighted by molar-refractivity contribution is 0.0697. The Hall–Kier alpha value is -2.42. The molecular formula is C15H13NO2. The summed E-state index contributed by atoms with van der Waals surface area (Å²) in [6.45, 7) is 1.98. The van der Waals surface area contributed by atoms with Crippen LogP contribution in [0.15, 0.2) is 48.8 Å². The molecule has 2 rings (SSSR count). The summed E-state index contributed by atoms with van der Waals surface area (Å²) < 4.78 is 0. The number of carboxylic acid groups (broad SMARTS) is 1. The minimum absolute atomic E-state index is 0.294. The van der Waals surface area contributed by atoms with Crippen LogP contribution < -0.4 is 0 Å². The van der Waals surface area contributed by atoms with Crippen LogP contribution in [0.3, 0.4) is 0 Å². The van der Waals surface area contributed by atoms with E-state index in [2.05, 4.69) is 4.98 Å². The van der Waals surface area contributed by atoms with Gasteiger partial charge in [0.05, 0.1) is 5.56 Å². The number of hydrogen-bond acceptors (Lipinski definition) is 2. The second-order valence-electron chi connectivity index (χ2n) is 4.00. The first-order valence-electron chi connectivity index (χ1n) is 5.59. The molecule has 0 aliphatic rings. The lowest BCUT2D eigenvalue weighted by Gasteiger charge is -2.02. The van der Waals surface area contributed by atoms with E-state index < -0.39 is 5.97 Å². The summed E-state index contributed by atoms with van der Waals surface area (Å²) in [7, 11) is 0. The molecule has 0 radical (unpaired) electrons. The van der Waals surface area contributed by atoms with Gasteiger partial charge < -0.3 is 5.11 Å². The van der Waals surface area contributed by atoms with Gasteiger partial charge in [-0.05, 0) is 41.8 Å². The lowest BCUT2D eigenvalue weighted by Crippen LogP contribution is -1.95. The molecular weight excluding hydrogens is 226 g/mol. The molecule has 0 fully saturated rings. The molecule has 0 atom stereocenters. The zero-order valence-electron chi connectivity index (χ0n) is 10.00. The molecule has 1 heterocycles.